The van der Waals surface area contributed by atoms with E-state index in [-0.39, 0.29) is 23.3 Å². The van der Waals surface area contributed by atoms with E-state index < -0.39 is 0 Å². The third-order valence-electron chi connectivity index (χ3n) is 5.16. The van der Waals surface area contributed by atoms with E-state index in [1.807, 2.05) is 79.4 Å². The van der Waals surface area contributed by atoms with Crippen molar-refractivity contribution in [3.63, 3.8) is 0 Å². The van der Waals surface area contributed by atoms with Crippen LogP contribution >= 0.6 is 23.4 Å². The molecular formula is C26H25ClN2O3S. The Morgan fingerprint density at radius 3 is 2.55 bits per heavy atom. The van der Waals surface area contributed by atoms with Crippen LogP contribution in [0.2, 0.25) is 5.02 Å². The van der Waals surface area contributed by atoms with E-state index in [2.05, 4.69) is 5.32 Å². The van der Waals surface area contributed by atoms with Crippen LogP contribution in [0.4, 0.5) is 5.69 Å². The van der Waals surface area contributed by atoms with Crippen molar-refractivity contribution in [1.82, 2.24) is 4.90 Å². The quantitative estimate of drug-likeness (QED) is 0.440. The normalized spacial score (nSPS) is 15.7. The van der Waals surface area contributed by atoms with Gasteiger partial charge in [-0.1, -0.05) is 41.9 Å². The van der Waals surface area contributed by atoms with Crippen molar-refractivity contribution in [1.29, 1.82) is 0 Å². The zero-order valence-electron chi connectivity index (χ0n) is 18.5. The summed E-state index contributed by atoms with van der Waals surface area (Å²) < 4.78 is 5.69. The van der Waals surface area contributed by atoms with Crippen LogP contribution in [0.5, 0.6) is 5.75 Å². The number of carbonyl (C=O) groups excluding carboxylic acids is 2. The first-order valence-corrected chi connectivity index (χ1v) is 12.2. The van der Waals surface area contributed by atoms with Gasteiger partial charge in [0.05, 0.1) is 11.9 Å². The fourth-order valence-corrected chi connectivity index (χ4v) is 4.92. The molecule has 0 saturated carbocycles. The van der Waals surface area contributed by atoms with Gasteiger partial charge in [-0.05, 0) is 61.4 Å². The summed E-state index contributed by atoms with van der Waals surface area (Å²) in [6, 6.07) is 22.3. The van der Waals surface area contributed by atoms with E-state index >= 15 is 0 Å². The molecule has 2 amide bonds. The summed E-state index contributed by atoms with van der Waals surface area (Å²) in [5.41, 5.74) is 3.24. The number of ether oxygens (including phenoxy) is 1. The molecule has 1 heterocycles. The number of carbonyl (C=O) groups is 2. The average Bonchev–Trinajstić information content (AvgIpc) is 3.15. The Labute approximate surface area is 203 Å². The highest BCUT2D eigenvalue weighted by Crippen LogP contribution is 2.39. The zero-order chi connectivity index (χ0) is 23.4. The first kappa shape index (κ1) is 23.2. The van der Waals surface area contributed by atoms with Crippen LogP contribution in [0.3, 0.4) is 0 Å². The third-order valence-corrected chi connectivity index (χ3v) is 6.66. The number of benzene rings is 3. The lowest BCUT2D eigenvalue weighted by atomic mass is 10.1. The molecule has 1 fully saturated rings. The van der Waals surface area contributed by atoms with Crippen molar-refractivity contribution < 1.29 is 14.3 Å². The van der Waals surface area contributed by atoms with Gasteiger partial charge in [-0.2, -0.15) is 0 Å². The lowest BCUT2D eigenvalue weighted by Gasteiger charge is -2.24. The summed E-state index contributed by atoms with van der Waals surface area (Å²) in [5, 5.41) is 3.50. The number of nitrogens with zero attached hydrogens (tertiary/aromatic N) is 1. The maximum absolute atomic E-state index is 12.7. The van der Waals surface area contributed by atoms with Crippen molar-refractivity contribution in [2.75, 3.05) is 11.1 Å². The number of thioether (sulfide) groups is 1. The molecule has 0 aliphatic carbocycles. The van der Waals surface area contributed by atoms with Crippen molar-refractivity contribution in [2.24, 2.45) is 0 Å². The SMILES string of the molecule is CC(C)Oc1cccc(NC(=O)c2ccc([C@H]3SCC(=O)N3Cc3ccc(Cl)cc3)cc2)c1. The summed E-state index contributed by atoms with van der Waals surface area (Å²) in [6.07, 6.45) is 0.0584. The molecule has 1 saturated heterocycles. The van der Waals surface area contributed by atoms with Crippen LogP contribution in [0.1, 0.15) is 40.7 Å². The molecule has 33 heavy (non-hydrogen) atoms. The summed E-state index contributed by atoms with van der Waals surface area (Å²) in [7, 11) is 0. The molecule has 1 N–H and O–H groups in total. The minimum atomic E-state index is -0.198. The van der Waals surface area contributed by atoms with Crippen LogP contribution in [-0.4, -0.2) is 28.6 Å². The van der Waals surface area contributed by atoms with Gasteiger partial charge in [0, 0.05) is 28.9 Å². The molecule has 1 aliphatic rings. The van der Waals surface area contributed by atoms with Gasteiger partial charge in [0.2, 0.25) is 5.91 Å². The Morgan fingerprint density at radius 2 is 1.85 bits per heavy atom. The molecule has 0 spiro atoms. The molecule has 170 valence electrons. The van der Waals surface area contributed by atoms with Gasteiger partial charge in [-0.3, -0.25) is 9.59 Å². The predicted octanol–water partition coefficient (Wildman–Crippen LogP) is 6.15. The fraction of sp³-hybridized carbons (Fsp3) is 0.231. The highest BCUT2D eigenvalue weighted by Gasteiger charge is 2.32. The van der Waals surface area contributed by atoms with Crippen molar-refractivity contribution in [3.8, 4) is 5.75 Å². The van der Waals surface area contributed by atoms with E-state index in [4.69, 9.17) is 16.3 Å². The Morgan fingerprint density at radius 1 is 1.12 bits per heavy atom. The van der Waals surface area contributed by atoms with E-state index in [0.717, 1.165) is 11.1 Å². The Hall–Kier alpha value is -2.96. The lowest BCUT2D eigenvalue weighted by molar-refractivity contribution is -0.128. The van der Waals surface area contributed by atoms with Crippen LogP contribution in [0.25, 0.3) is 0 Å². The highest BCUT2D eigenvalue weighted by atomic mass is 35.5. The fourth-order valence-electron chi connectivity index (χ4n) is 3.61. The topological polar surface area (TPSA) is 58.6 Å². The van der Waals surface area contributed by atoms with Crippen molar-refractivity contribution in [2.45, 2.75) is 31.9 Å². The first-order chi connectivity index (χ1) is 15.9. The molecule has 0 aromatic heterocycles. The summed E-state index contributed by atoms with van der Waals surface area (Å²) >= 11 is 7.57. The molecule has 0 unspecified atom stereocenters. The average molecular weight is 481 g/mol. The van der Waals surface area contributed by atoms with Crippen LogP contribution in [0, 0.1) is 0 Å². The molecular weight excluding hydrogens is 456 g/mol. The summed E-state index contributed by atoms with van der Waals surface area (Å²) in [6.45, 7) is 4.43. The van der Waals surface area contributed by atoms with Gasteiger partial charge in [0.1, 0.15) is 11.1 Å². The predicted molar refractivity (Wildman–Crippen MR) is 134 cm³/mol. The first-order valence-electron chi connectivity index (χ1n) is 10.7. The Balaban J connectivity index is 1.44. The molecule has 1 aliphatic heterocycles. The molecule has 4 rings (SSSR count). The van der Waals surface area contributed by atoms with Crippen LogP contribution in [-0.2, 0) is 11.3 Å². The van der Waals surface area contributed by atoms with Gasteiger partial charge >= 0.3 is 0 Å². The summed E-state index contributed by atoms with van der Waals surface area (Å²) in [5.74, 6) is 1.05. The van der Waals surface area contributed by atoms with Gasteiger partial charge in [0.25, 0.3) is 5.91 Å². The van der Waals surface area contributed by atoms with Crippen LogP contribution in [0.15, 0.2) is 72.8 Å². The van der Waals surface area contributed by atoms with Gasteiger partial charge in [-0.25, -0.2) is 0 Å². The van der Waals surface area contributed by atoms with Crippen LogP contribution < -0.4 is 10.1 Å². The smallest absolute Gasteiger partial charge is 0.255 e. The maximum atomic E-state index is 12.7. The molecule has 0 radical (unpaired) electrons. The third kappa shape index (κ3) is 5.89. The van der Waals surface area contributed by atoms with Gasteiger partial charge in [0.15, 0.2) is 0 Å². The molecule has 3 aromatic carbocycles. The van der Waals surface area contributed by atoms with E-state index in [1.54, 1.807) is 23.9 Å². The van der Waals surface area contributed by atoms with E-state index in [1.165, 1.54) is 0 Å². The lowest BCUT2D eigenvalue weighted by Crippen LogP contribution is -2.27. The molecule has 7 heteroatoms. The number of amides is 2. The number of halogens is 1. The van der Waals surface area contributed by atoms with Gasteiger partial charge in [-0.15, -0.1) is 11.8 Å². The Bertz CT molecular complexity index is 1130. The molecule has 0 bridgehead atoms. The Kier molecular flexibility index (Phi) is 7.26. The minimum Gasteiger partial charge on any atom is -0.491 e. The monoisotopic (exact) mass is 480 g/mol. The number of hydrogen-bond donors (Lipinski definition) is 1. The molecule has 1 atom stereocenters. The van der Waals surface area contributed by atoms with Gasteiger partial charge < -0.3 is 15.0 Å². The second-order valence-electron chi connectivity index (χ2n) is 8.08. The number of hydrogen-bond acceptors (Lipinski definition) is 4. The highest BCUT2D eigenvalue weighted by molar-refractivity contribution is 8.00. The zero-order valence-corrected chi connectivity index (χ0v) is 20.0. The standard InChI is InChI=1S/C26H25ClN2O3S/c1-17(2)32-23-5-3-4-22(14-23)28-25(31)19-8-10-20(11-9-19)26-29(24(30)16-33-26)15-18-6-12-21(27)13-7-18/h3-14,17,26H,15-16H2,1-2H3,(H,28,31)/t26-/m1/s1. The number of rotatable bonds is 7. The second-order valence-corrected chi connectivity index (χ2v) is 9.59. The van der Waals surface area contributed by atoms with Crippen molar-refractivity contribution >= 4 is 40.9 Å². The molecule has 3 aromatic rings. The summed E-state index contributed by atoms with van der Waals surface area (Å²) in [4.78, 5) is 27.1. The van der Waals surface area contributed by atoms with E-state index in [9.17, 15) is 9.59 Å². The second kappa shape index (κ2) is 10.3. The minimum absolute atomic E-state index is 0.0584. The van der Waals surface area contributed by atoms with E-state index in [0.29, 0.717) is 34.3 Å². The van der Waals surface area contributed by atoms with Crippen molar-refractivity contribution in [3.05, 3.63) is 94.5 Å². The largest absolute Gasteiger partial charge is 0.491 e. The number of anilines is 1. The molecule has 5 nitrogen and oxygen atoms in total. The maximum Gasteiger partial charge on any atom is 0.255 e. The number of nitrogens with one attached hydrogen (secondary N) is 1.